The number of aromatic nitrogens is 1. The van der Waals surface area contributed by atoms with Gasteiger partial charge in [0.2, 0.25) is 5.78 Å². The Labute approximate surface area is 137 Å². The van der Waals surface area contributed by atoms with E-state index in [1.54, 1.807) is 24.4 Å². The molecule has 0 atom stereocenters. The predicted octanol–water partition coefficient (Wildman–Crippen LogP) is 4.13. The Hall–Kier alpha value is -2.68. The van der Waals surface area contributed by atoms with E-state index in [-0.39, 0.29) is 11.2 Å². The van der Waals surface area contributed by atoms with Crippen LogP contribution in [-0.4, -0.2) is 17.8 Å². The molecule has 1 aromatic carbocycles. The highest BCUT2D eigenvalue weighted by Gasteiger charge is 2.37. The summed E-state index contributed by atoms with van der Waals surface area (Å²) in [5, 5.41) is 0. The van der Waals surface area contributed by atoms with Crippen LogP contribution in [0.5, 0.6) is 0 Å². The number of likely N-dealkylation sites (N-methyl/N-ethyl adjacent to an activating group) is 1. The van der Waals surface area contributed by atoms with E-state index in [2.05, 4.69) is 55.0 Å². The number of carbonyl (C=O) groups excluding carboxylic acids is 1. The first kappa shape index (κ1) is 15.2. The highest BCUT2D eigenvalue weighted by atomic mass is 16.1. The third-order valence-corrected chi connectivity index (χ3v) is 4.36. The minimum Gasteiger partial charge on any atom is -0.347 e. The summed E-state index contributed by atoms with van der Waals surface area (Å²) in [7, 11) is 2.06. The first-order valence-electron chi connectivity index (χ1n) is 7.69. The maximum absolute atomic E-state index is 12.1. The maximum atomic E-state index is 12.1. The van der Waals surface area contributed by atoms with Gasteiger partial charge < -0.3 is 4.90 Å². The fourth-order valence-corrected chi connectivity index (χ4v) is 3.12. The second-order valence-corrected chi connectivity index (χ2v) is 6.19. The van der Waals surface area contributed by atoms with Crippen molar-refractivity contribution in [3.63, 3.8) is 0 Å². The number of hydrogen-bond donors (Lipinski definition) is 0. The first-order valence-corrected chi connectivity index (χ1v) is 7.69. The molecule has 116 valence electrons. The van der Waals surface area contributed by atoms with Gasteiger partial charge >= 0.3 is 0 Å². The van der Waals surface area contributed by atoms with Crippen molar-refractivity contribution in [1.82, 2.24) is 4.98 Å². The van der Waals surface area contributed by atoms with Gasteiger partial charge in [0.05, 0.1) is 0 Å². The number of allylic oxidation sites excluding steroid dienone is 4. The summed E-state index contributed by atoms with van der Waals surface area (Å²) in [6.07, 6.45) is 7.03. The van der Waals surface area contributed by atoms with Crippen LogP contribution in [0, 0.1) is 0 Å². The lowest BCUT2D eigenvalue weighted by atomic mass is 9.84. The summed E-state index contributed by atoms with van der Waals surface area (Å²) < 4.78 is 0. The molecule has 3 rings (SSSR count). The van der Waals surface area contributed by atoms with E-state index in [4.69, 9.17) is 0 Å². The molecule has 0 spiro atoms. The van der Waals surface area contributed by atoms with Gasteiger partial charge in [-0.25, -0.2) is 0 Å². The zero-order valence-electron chi connectivity index (χ0n) is 13.7. The second-order valence-electron chi connectivity index (χ2n) is 6.19. The number of para-hydroxylation sites is 1. The van der Waals surface area contributed by atoms with Crippen LogP contribution in [0.25, 0.3) is 0 Å². The van der Waals surface area contributed by atoms with Gasteiger partial charge in [-0.3, -0.25) is 9.78 Å². The molecule has 3 heteroatoms. The molecular formula is C20H20N2O. The molecule has 0 N–H and O–H groups in total. The molecule has 1 aliphatic heterocycles. The topological polar surface area (TPSA) is 33.2 Å². The Morgan fingerprint density at radius 3 is 2.57 bits per heavy atom. The third-order valence-electron chi connectivity index (χ3n) is 4.36. The summed E-state index contributed by atoms with van der Waals surface area (Å²) in [6, 6.07) is 13.7. The van der Waals surface area contributed by atoms with Crippen molar-refractivity contribution in [2.75, 3.05) is 11.9 Å². The maximum Gasteiger partial charge on any atom is 0.204 e. The number of benzene rings is 1. The summed E-state index contributed by atoms with van der Waals surface area (Å²) in [6.45, 7) is 4.41. The summed E-state index contributed by atoms with van der Waals surface area (Å²) in [4.78, 5) is 18.3. The molecule has 0 aliphatic carbocycles. The van der Waals surface area contributed by atoms with Crippen molar-refractivity contribution in [2.45, 2.75) is 19.3 Å². The Morgan fingerprint density at radius 2 is 1.87 bits per heavy atom. The third kappa shape index (κ3) is 2.70. The van der Waals surface area contributed by atoms with E-state index < -0.39 is 0 Å². The van der Waals surface area contributed by atoms with Crippen molar-refractivity contribution in [3.05, 3.63) is 83.8 Å². The van der Waals surface area contributed by atoms with Crippen LogP contribution >= 0.6 is 0 Å². The van der Waals surface area contributed by atoms with Gasteiger partial charge in [-0.05, 0) is 35.9 Å². The molecule has 2 heterocycles. The monoisotopic (exact) mass is 304 g/mol. The fraction of sp³-hybridized carbons (Fsp3) is 0.200. The molecule has 0 bridgehead atoms. The molecule has 0 saturated carbocycles. The lowest BCUT2D eigenvalue weighted by molar-refractivity contribution is 0.104. The number of rotatable bonds is 3. The Bertz CT molecular complexity index is 788. The average molecular weight is 304 g/mol. The smallest absolute Gasteiger partial charge is 0.204 e. The van der Waals surface area contributed by atoms with Gasteiger partial charge in [-0.2, -0.15) is 0 Å². The molecule has 0 saturated heterocycles. The normalized spacial score (nSPS) is 17.7. The second kappa shape index (κ2) is 5.84. The molecule has 0 radical (unpaired) electrons. The standard InChI is InChI=1S/C20H20N2O/c1-20(2)15-9-4-5-11-17(15)22(3)19(20)13-8-12-18(23)16-10-6-7-14-21-16/h4-14H,1-3H3. The number of fused-ring (bicyclic) bond motifs is 1. The van der Waals surface area contributed by atoms with Crippen molar-refractivity contribution in [2.24, 2.45) is 0 Å². The highest BCUT2D eigenvalue weighted by molar-refractivity contribution is 6.03. The molecule has 0 unspecified atom stereocenters. The zero-order chi connectivity index (χ0) is 16.4. The van der Waals surface area contributed by atoms with E-state index in [9.17, 15) is 4.79 Å². The molecule has 1 aromatic heterocycles. The predicted molar refractivity (Wildman–Crippen MR) is 93.7 cm³/mol. The summed E-state index contributed by atoms with van der Waals surface area (Å²) in [5.41, 5.74) is 4.07. The summed E-state index contributed by atoms with van der Waals surface area (Å²) >= 11 is 0. The van der Waals surface area contributed by atoms with E-state index in [0.29, 0.717) is 5.69 Å². The van der Waals surface area contributed by atoms with Gasteiger partial charge in [0.25, 0.3) is 0 Å². The fourth-order valence-electron chi connectivity index (χ4n) is 3.12. The number of pyridine rings is 1. The van der Waals surface area contributed by atoms with E-state index in [1.165, 1.54) is 16.9 Å². The molecule has 23 heavy (non-hydrogen) atoms. The van der Waals surface area contributed by atoms with Crippen molar-refractivity contribution in [3.8, 4) is 0 Å². The zero-order valence-corrected chi connectivity index (χ0v) is 13.7. The summed E-state index contributed by atoms with van der Waals surface area (Å²) in [5.74, 6) is -0.0848. The van der Waals surface area contributed by atoms with Crippen LogP contribution in [0.4, 0.5) is 5.69 Å². The van der Waals surface area contributed by atoms with Gasteiger partial charge in [-0.15, -0.1) is 0 Å². The Morgan fingerprint density at radius 1 is 1.13 bits per heavy atom. The minimum absolute atomic E-state index is 0.0796. The van der Waals surface area contributed by atoms with Crippen molar-refractivity contribution in [1.29, 1.82) is 0 Å². The molecular weight excluding hydrogens is 284 g/mol. The minimum atomic E-state index is -0.0848. The van der Waals surface area contributed by atoms with Crippen LogP contribution in [0.15, 0.2) is 72.6 Å². The molecule has 0 amide bonds. The SMILES string of the molecule is CN1C(=CC=CC(=O)c2ccccn2)C(C)(C)c2ccccc21. The molecule has 1 aliphatic rings. The number of hydrogen-bond acceptors (Lipinski definition) is 3. The quantitative estimate of drug-likeness (QED) is 0.631. The first-order chi connectivity index (χ1) is 11.0. The van der Waals surface area contributed by atoms with Crippen LogP contribution < -0.4 is 4.90 Å². The number of nitrogens with zero attached hydrogens (tertiary/aromatic N) is 2. The largest absolute Gasteiger partial charge is 0.347 e. The molecule has 3 nitrogen and oxygen atoms in total. The van der Waals surface area contributed by atoms with Crippen LogP contribution in [-0.2, 0) is 5.41 Å². The van der Waals surface area contributed by atoms with Crippen LogP contribution in [0.2, 0.25) is 0 Å². The Balaban J connectivity index is 1.86. The van der Waals surface area contributed by atoms with Gasteiger partial charge in [0, 0.05) is 30.0 Å². The molecule has 0 fully saturated rings. The lowest BCUT2D eigenvalue weighted by Gasteiger charge is -2.23. The highest BCUT2D eigenvalue weighted by Crippen LogP contribution is 2.46. The van der Waals surface area contributed by atoms with Gasteiger partial charge in [0.15, 0.2) is 0 Å². The number of ketones is 1. The Kier molecular flexibility index (Phi) is 3.87. The lowest BCUT2D eigenvalue weighted by Crippen LogP contribution is -2.22. The van der Waals surface area contributed by atoms with Crippen molar-refractivity contribution >= 4 is 11.5 Å². The van der Waals surface area contributed by atoms with E-state index >= 15 is 0 Å². The average Bonchev–Trinajstić information content (AvgIpc) is 2.76. The van der Waals surface area contributed by atoms with E-state index in [0.717, 1.165) is 0 Å². The number of anilines is 1. The van der Waals surface area contributed by atoms with Crippen LogP contribution in [0.3, 0.4) is 0 Å². The molecule has 2 aromatic rings. The van der Waals surface area contributed by atoms with Crippen LogP contribution in [0.1, 0.15) is 29.9 Å². The van der Waals surface area contributed by atoms with Crippen molar-refractivity contribution < 1.29 is 4.79 Å². The number of carbonyl (C=O) groups is 1. The van der Waals surface area contributed by atoms with E-state index in [1.807, 2.05) is 18.2 Å². The van der Waals surface area contributed by atoms with Gasteiger partial charge in [-0.1, -0.05) is 44.2 Å². The van der Waals surface area contributed by atoms with Gasteiger partial charge in [0.1, 0.15) is 5.69 Å².